The number of halogens is 2. The van der Waals surface area contributed by atoms with Crippen LogP contribution in [0.4, 0.5) is 0 Å². The third-order valence-electron chi connectivity index (χ3n) is 2.57. The summed E-state index contributed by atoms with van der Waals surface area (Å²) in [5.41, 5.74) is 0.832. The molecule has 0 radical (unpaired) electrons. The number of nitrogens with one attached hydrogen (secondary N) is 2. The molecule has 5 nitrogen and oxygen atoms in total. The molecular weight excluding hydrogens is 346 g/mol. The average Bonchev–Trinajstić information content (AvgIpc) is 2.92. The number of carbonyl (C=O) groups is 1. The summed E-state index contributed by atoms with van der Waals surface area (Å²) in [4.78, 5) is 18.7. The first-order valence-electron chi connectivity index (χ1n) is 5.93. The van der Waals surface area contributed by atoms with Gasteiger partial charge in [-0.25, -0.2) is 4.98 Å². The molecule has 0 bridgehead atoms. The summed E-state index contributed by atoms with van der Waals surface area (Å²) in [7, 11) is 0. The lowest BCUT2D eigenvalue weighted by Crippen LogP contribution is -2.36. The second kappa shape index (κ2) is 6.76. The molecule has 0 spiro atoms. The molecule has 2 rings (SSSR count). The van der Waals surface area contributed by atoms with Crippen molar-refractivity contribution in [1.82, 2.24) is 15.3 Å². The fourth-order valence-corrected chi connectivity index (χ4v) is 2.30. The number of hydrogen-bond acceptors (Lipinski definition) is 3. The van der Waals surface area contributed by atoms with Gasteiger partial charge in [-0.3, -0.25) is 4.79 Å². The van der Waals surface area contributed by atoms with E-state index in [-0.39, 0.29) is 5.91 Å². The summed E-state index contributed by atoms with van der Waals surface area (Å²) >= 11 is 9.19. The van der Waals surface area contributed by atoms with E-state index in [0.29, 0.717) is 21.8 Å². The first kappa shape index (κ1) is 14.9. The van der Waals surface area contributed by atoms with E-state index in [4.69, 9.17) is 16.3 Å². The predicted molar refractivity (Wildman–Crippen MR) is 79.7 cm³/mol. The van der Waals surface area contributed by atoms with Crippen molar-refractivity contribution in [1.29, 1.82) is 0 Å². The molecular formula is C13H13BrClN3O2. The molecule has 7 heteroatoms. The lowest BCUT2D eigenvalue weighted by atomic mass is 10.3. The van der Waals surface area contributed by atoms with Gasteiger partial charge in [-0.1, -0.05) is 11.6 Å². The Kier molecular flexibility index (Phi) is 5.03. The fourth-order valence-electron chi connectivity index (χ4n) is 1.52. The van der Waals surface area contributed by atoms with Crippen LogP contribution < -0.4 is 10.1 Å². The highest BCUT2D eigenvalue weighted by molar-refractivity contribution is 9.10. The zero-order chi connectivity index (χ0) is 14.5. The molecule has 1 unspecified atom stereocenters. The first-order valence-corrected chi connectivity index (χ1v) is 7.10. The quantitative estimate of drug-likeness (QED) is 0.863. The van der Waals surface area contributed by atoms with Gasteiger partial charge in [0.1, 0.15) is 5.75 Å². The Morgan fingerprint density at radius 1 is 1.60 bits per heavy atom. The lowest BCUT2D eigenvalue weighted by Gasteiger charge is -2.15. The summed E-state index contributed by atoms with van der Waals surface area (Å²) in [6.45, 7) is 2.07. The maximum Gasteiger partial charge on any atom is 0.261 e. The van der Waals surface area contributed by atoms with Gasteiger partial charge in [-0.05, 0) is 41.1 Å². The molecule has 1 atom stereocenters. The van der Waals surface area contributed by atoms with Crippen LogP contribution in [0.2, 0.25) is 5.02 Å². The maximum absolute atomic E-state index is 11.9. The van der Waals surface area contributed by atoms with Gasteiger partial charge in [0.25, 0.3) is 5.91 Å². The van der Waals surface area contributed by atoms with Crippen molar-refractivity contribution < 1.29 is 9.53 Å². The Morgan fingerprint density at radius 2 is 2.40 bits per heavy atom. The fraction of sp³-hybridized carbons (Fsp3) is 0.231. The largest absolute Gasteiger partial charge is 0.480 e. The number of amides is 1. The van der Waals surface area contributed by atoms with Crippen LogP contribution in [0.5, 0.6) is 5.75 Å². The first-order chi connectivity index (χ1) is 9.56. The van der Waals surface area contributed by atoms with Gasteiger partial charge >= 0.3 is 0 Å². The highest BCUT2D eigenvalue weighted by Crippen LogP contribution is 2.28. The maximum atomic E-state index is 11.9. The smallest absolute Gasteiger partial charge is 0.261 e. The van der Waals surface area contributed by atoms with E-state index in [2.05, 4.69) is 31.2 Å². The molecule has 1 amide bonds. The molecule has 0 aliphatic rings. The minimum Gasteiger partial charge on any atom is -0.480 e. The van der Waals surface area contributed by atoms with E-state index in [1.165, 1.54) is 0 Å². The number of hydrogen-bond donors (Lipinski definition) is 2. The lowest BCUT2D eigenvalue weighted by molar-refractivity contribution is -0.127. The summed E-state index contributed by atoms with van der Waals surface area (Å²) in [6.07, 6.45) is 2.60. The SMILES string of the molecule is CC(Oc1ccc(Cl)cc1Br)C(=O)NCc1cnc[nH]1. The molecule has 0 aliphatic heterocycles. The van der Waals surface area contributed by atoms with E-state index in [0.717, 1.165) is 5.69 Å². The molecule has 106 valence electrons. The van der Waals surface area contributed by atoms with E-state index >= 15 is 0 Å². The minimum atomic E-state index is -0.615. The number of imidazole rings is 1. The molecule has 1 aromatic carbocycles. The van der Waals surface area contributed by atoms with Crippen LogP contribution >= 0.6 is 27.5 Å². The third-order valence-corrected chi connectivity index (χ3v) is 3.43. The Hall–Kier alpha value is -1.53. The van der Waals surface area contributed by atoms with E-state index in [9.17, 15) is 4.79 Å². The number of aromatic amines is 1. The van der Waals surface area contributed by atoms with Gasteiger partial charge in [0, 0.05) is 11.2 Å². The van der Waals surface area contributed by atoms with Crippen LogP contribution in [-0.2, 0) is 11.3 Å². The van der Waals surface area contributed by atoms with Crippen molar-refractivity contribution in [2.45, 2.75) is 19.6 Å². The normalized spacial score (nSPS) is 11.9. The van der Waals surface area contributed by atoms with E-state index in [1.54, 1.807) is 37.6 Å². The van der Waals surface area contributed by atoms with Crippen LogP contribution in [0.15, 0.2) is 35.2 Å². The average molecular weight is 359 g/mol. The monoisotopic (exact) mass is 357 g/mol. The van der Waals surface area contributed by atoms with E-state index < -0.39 is 6.10 Å². The standard InChI is InChI=1S/C13H13BrClN3O2/c1-8(13(19)17-6-10-5-16-7-18-10)20-12-3-2-9(15)4-11(12)14/h2-5,7-8H,6H2,1H3,(H,16,18)(H,17,19). The zero-order valence-electron chi connectivity index (χ0n) is 10.7. The molecule has 0 aliphatic carbocycles. The van der Waals surface area contributed by atoms with Crippen LogP contribution in [0.1, 0.15) is 12.6 Å². The third kappa shape index (κ3) is 3.98. The predicted octanol–water partition coefficient (Wildman–Crippen LogP) is 2.91. The second-order valence-corrected chi connectivity index (χ2v) is 5.42. The molecule has 1 aromatic heterocycles. The Bertz CT molecular complexity index is 589. The van der Waals surface area contributed by atoms with Crippen LogP contribution in [0.25, 0.3) is 0 Å². The number of nitrogens with zero attached hydrogens (tertiary/aromatic N) is 1. The van der Waals surface area contributed by atoms with Crippen LogP contribution in [0, 0.1) is 0 Å². The number of rotatable bonds is 5. The van der Waals surface area contributed by atoms with Crippen LogP contribution in [0.3, 0.4) is 0 Å². The molecule has 0 saturated heterocycles. The Labute approximate surface area is 129 Å². The zero-order valence-corrected chi connectivity index (χ0v) is 13.0. The molecule has 0 saturated carbocycles. The number of carbonyl (C=O) groups excluding carboxylic acids is 1. The number of H-pyrrole nitrogens is 1. The van der Waals surface area contributed by atoms with Crippen molar-refractivity contribution in [3.8, 4) is 5.75 Å². The molecule has 2 N–H and O–H groups in total. The Morgan fingerprint density at radius 3 is 3.05 bits per heavy atom. The Balaban J connectivity index is 1.90. The number of aromatic nitrogens is 2. The van der Waals surface area contributed by atoms with Gasteiger partial charge in [-0.15, -0.1) is 0 Å². The molecule has 20 heavy (non-hydrogen) atoms. The summed E-state index contributed by atoms with van der Waals surface area (Å²) in [5.74, 6) is 0.361. The minimum absolute atomic E-state index is 0.207. The van der Waals surface area contributed by atoms with Gasteiger partial charge in [0.15, 0.2) is 6.10 Å². The van der Waals surface area contributed by atoms with Crippen molar-refractivity contribution in [2.24, 2.45) is 0 Å². The number of benzene rings is 1. The van der Waals surface area contributed by atoms with Crippen molar-refractivity contribution in [2.75, 3.05) is 0 Å². The van der Waals surface area contributed by atoms with Crippen molar-refractivity contribution in [3.05, 3.63) is 45.9 Å². The van der Waals surface area contributed by atoms with Gasteiger partial charge < -0.3 is 15.0 Å². The highest BCUT2D eigenvalue weighted by atomic mass is 79.9. The number of ether oxygens (including phenoxy) is 1. The van der Waals surface area contributed by atoms with Crippen molar-refractivity contribution >= 4 is 33.4 Å². The second-order valence-electron chi connectivity index (χ2n) is 4.13. The molecule has 0 fully saturated rings. The molecule has 1 heterocycles. The highest BCUT2D eigenvalue weighted by Gasteiger charge is 2.15. The van der Waals surface area contributed by atoms with Crippen LogP contribution in [-0.4, -0.2) is 22.0 Å². The molecule has 2 aromatic rings. The van der Waals surface area contributed by atoms with Gasteiger partial charge in [0.05, 0.1) is 23.0 Å². The summed E-state index contributed by atoms with van der Waals surface area (Å²) in [5, 5.41) is 3.36. The summed E-state index contributed by atoms with van der Waals surface area (Å²) in [6, 6.07) is 5.13. The van der Waals surface area contributed by atoms with Gasteiger partial charge in [0.2, 0.25) is 0 Å². The van der Waals surface area contributed by atoms with E-state index in [1.807, 2.05) is 0 Å². The van der Waals surface area contributed by atoms with Gasteiger partial charge in [-0.2, -0.15) is 0 Å². The summed E-state index contributed by atoms with van der Waals surface area (Å²) < 4.78 is 6.30. The van der Waals surface area contributed by atoms with Crippen molar-refractivity contribution in [3.63, 3.8) is 0 Å². The topological polar surface area (TPSA) is 67.0 Å².